The number of hydrogen-bond acceptors (Lipinski definition) is 5. The minimum Gasteiger partial charge on any atom is -0.489 e. The van der Waals surface area contributed by atoms with Crippen molar-refractivity contribution in [1.82, 2.24) is 0 Å². The second-order valence-electron chi connectivity index (χ2n) is 6.59. The molecular weight excluding hydrogens is 404 g/mol. The van der Waals surface area contributed by atoms with E-state index >= 15 is 0 Å². The highest BCUT2D eigenvalue weighted by atomic mass is 19.3. The van der Waals surface area contributed by atoms with E-state index in [1.165, 1.54) is 18.2 Å². The number of rotatable bonds is 7. The number of ether oxygens (including phenoxy) is 3. The lowest BCUT2D eigenvalue weighted by Crippen LogP contribution is -2.07. The van der Waals surface area contributed by atoms with E-state index in [4.69, 9.17) is 9.47 Å². The first-order valence-electron chi connectivity index (χ1n) is 9.41. The van der Waals surface area contributed by atoms with E-state index in [0.717, 1.165) is 11.1 Å². The van der Waals surface area contributed by atoms with E-state index < -0.39 is 12.6 Å². The lowest BCUT2D eigenvalue weighted by Gasteiger charge is -2.06. The molecule has 0 saturated carbocycles. The van der Waals surface area contributed by atoms with Gasteiger partial charge in [0.1, 0.15) is 18.1 Å². The summed E-state index contributed by atoms with van der Waals surface area (Å²) in [5.74, 6) is 0.0492. The number of benzene rings is 3. The summed E-state index contributed by atoms with van der Waals surface area (Å²) in [5, 5.41) is 0. The number of carbonyl (C=O) groups is 1. The van der Waals surface area contributed by atoms with Crippen LogP contribution in [0.1, 0.15) is 16.7 Å². The molecule has 0 fully saturated rings. The van der Waals surface area contributed by atoms with E-state index in [9.17, 15) is 13.6 Å². The topological polar surface area (TPSA) is 57.1 Å². The van der Waals surface area contributed by atoms with Crippen LogP contribution in [0.3, 0.4) is 0 Å². The highest BCUT2D eigenvalue weighted by Gasteiger charge is 2.24. The number of carbonyl (C=O) groups excluding carboxylic acids is 1. The van der Waals surface area contributed by atoms with Gasteiger partial charge in [0.15, 0.2) is 5.70 Å². The minimum absolute atomic E-state index is 0.0266. The van der Waals surface area contributed by atoms with Crippen LogP contribution in [-0.2, 0) is 16.1 Å². The van der Waals surface area contributed by atoms with Crippen LogP contribution in [0, 0.1) is 0 Å². The number of esters is 1. The average Bonchev–Trinajstić information content (AvgIpc) is 3.14. The molecule has 7 heteroatoms. The Morgan fingerprint density at radius 2 is 1.71 bits per heavy atom. The summed E-state index contributed by atoms with van der Waals surface area (Å²) in [5.41, 5.74) is 2.26. The first-order chi connectivity index (χ1) is 15.1. The number of halogens is 2. The van der Waals surface area contributed by atoms with E-state index in [1.54, 1.807) is 36.4 Å². The number of cyclic esters (lactones) is 1. The SMILES string of the molecule is O=C1OC(c2cccc(OC(F)F)c2)=N/C1=C/c1ccc(OCc2ccccc2)cc1. The Bertz CT molecular complexity index is 1130. The molecule has 1 aliphatic rings. The largest absolute Gasteiger partial charge is 0.489 e. The molecule has 0 unspecified atom stereocenters. The lowest BCUT2D eigenvalue weighted by molar-refractivity contribution is -0.129. The summed E-state index contributed by atoms with van der Waals surface area (Å²) in [6.45, 7) is -2.49. The zero-order valence-electron chi connectivity index (χ0n) is 16.2. The molecule has 0 bridgehead atoms. The zero-order chi connectivity index (χ0) is 21.6. The molecule has 0 N–H and O–H groups in total. The van der Waals surface area contributed by atoms with Crippen LogP contribution in [0.25, 0.3) is 6.08 Å². The Morgan fingerprint density at radius 3 is 2.45 bits per heavy atom. The number of nitrogens with zero attached hydrogens (tertiary/aromatic N) is 1. The molecule has 1 heterocycles. The molecule has 0 spiro atoms. The van der Waals surface area contributed by atoms with Crippen LogP contribution in [0.2, 0.25) is 0 Å². The van der Waals surface area contributed by atoms with Gasteiger partial charge >= 0.3 is 12.6 Å². The molecule has 0 saturated heterocycles. The third-order valence-electron chi connectivity index (χ3n) is 4.36. The molecule has 31 heavy (non-hydrogen) atoms. The van der Waals surface area contributed by atoms with E-state index in [1.807, 2.05) is 30.3 Å². The van der Waals surface area contributed by atoms with Crippen LogP contribution in [0.4, 0.5) is 8.78 Å². The van der Waals surface area contributed by atoms with Crippen molar-refractivity contribution in [3.05, 3.63) is 101 Å². The molecule has 0 atom stereocenters. The van der Waals surface area contributed by atoms with Crippen LogP contribution < -0.4 is 9.47 Å². The molecule has 0 amide bonds. The predicted octanol–water partition coefficient (Wildman–Crippen LogP) is 5.21. The van der Waals surface area contributed by atoms with Crippen molar-refractivity contribution in [3.63, 3.8) is 0 Å². The lowest BCUT2D eigenvalue weighted by atomic mass is 10.2. The van der Waals surface area contributed by atoms with Crippen LogP contribution >= 0.6 is 0 Å². The molecule has 4 rings (SSSR count). The van der Waals surface area contributed by atoms with Crippen molar-refractivity contribution in [2.75, 3.05) is 0 Å². The molecular formula is C24H17F2NO4. The van der Waals surface area contributed by atoms with E-state index in [-0.39, 0.29) is 17.3 Å². The summed E-state index contributed by atoms with van der Waals surface area (Å²) < 4.78 is 40.1. The summed E-state index contributed by atoms with van der Waals surface area (Å²) >= 11 is 0. The number of alkyl halides is 2. The van der Waals surface area contributed by atoms with Crippen molar-refractivity contribution in [2.45, 2.75) is 13.2 Å². The maximum Gasteiger partial charge on any atom is 0.387 e. The predicted molar refractivity (Wildman–Crippen MR) is 111 cm³/mol. The second-order valence-corrected chi connectivity index (χ2v) is 6.59. The summed E-state index contributed by atoms with van der Waals surface area (Å²) in [7, 11) is 0. The Balaban J connectivity index is 1.46. The van der Waals surface area contributed by atoms with E-state index in [0.29, 0.717) is 17.9 Å². The van der Waals surface area contributed by atoms with Crippen LogP contribution in [0.15, 0.2) is 89.6 Å². The van der Waals surface area contributed by atoms with Crippen molar-refractivity contribution in [3.8, 4) is 11.5 Å². The second kappa shape index (κ2) is 9.21. The van der Waals surface area contributed by atoms with Gasteiger partial charge in [-0.15, -0.1) is 0 Å². The van der Waals surface area contributed by atoms with Gasteiger partial charge in [-0.1, -0.05) is 48.5 Å². The fourth-order valence-electron chi connectivity index (χ4n) is 2.90. The van der Waals surface area contributed by atoms with Crippen molar-refractivity contribution < 1.29 is 27.8 Å². The van der Waals surface area contributed by atoms with Gasteiger partial charge in [-0.2, -0.15) is 8.78 Å². The fourth-order valence-corrected chi connectivity index (χ4v) is 2.90. The van der Waals surface area contributed by atoms with Gasteiger partial charge in [0.05, 0.1) is 0 Å². The molecule has 3 aromatic rings. The zero-order valence-corrected chi connectivity index (χ0v) is 16.2. The van der Waals surface area contributed by atoms with Crippen LogP contribution in [0.5, 0.6) is 11.5 Å². The monoisotopic (exact) mass is 421 g/mol. The Labute approximate surface area is 177 Å². The Kier molecular flexibility index (Phi) is 6.03. The fraction of sp³-hybridized carbons (Fsp3) is 0.0833. The van der Waals surface area contributed by atoms with E-state index in [2.05, 4.69) is 9.73 Å². The highest BCUT2D eigenvalue weighted by molar-refractivity contribution is 6.12. The molecule has 3 aromatic carbocycles. The normalized spacial score (nSPS) is 14.5. The van der Waals surface area contributed by atoms with Gasteiger partial charge in [-0.3, -0.25) is 0 Å². The number of aliphatic imine (C=N–C) groups is 1. The van der Waals surface area contributed by atoms with Crippen molar-refractivity contribution >= 4 is 17.9 Å². The van der Waals surface area contributed by atoms with Gasteiger partial charge in [0.2, 0.25) is 5.90 Å². The number of hydrogen-bond donors (Lipinski definition) is 0. The first kappa shape index (κ1) is 20.3. The van der Waals surface area contributed by atoms with Gasteiger partial charge < -0.3 is 14.2 Å². The Hall–Kier alpha value is -4.00. The van der Waals surface area contributed by atoms with Gasteiger partial charge in [-0.05, 0) is 47.5 Å². The van der Waals surface area contributed by atoms with Crippen molar-refractivity contribution in [1.29, 1.82) is 0 Å². The molecule has 0 aliphatic carbocycles. The van der Waals surface area contributed by atoms with Gasteiger partial charge in [0.25, 0.3) is 0 Å². The first-order valence-corrected chi connectivity index (χ1v) is 9.41. The Morgan fingerprint density at radius 1 is 0.935 bits per heavy atom. The maximum absolute atomic E-state index is 12.4. The van der Waals surface area contributed by atoms with Gasteiger partial charge in [-0.25, -0.2) is 9.79 Å². The molecule has 0 radical (unpaired) electrons. The molecule has 156 valence electrons. The quantitative estimate of drug-likeness (QED) is 0.388. The van der Waals surface area contributed by atoms with Gasteiger partial charge in [0, 0.05) is 5.56 Å². The highest BCUT2D eigenvalue weighted by Crippen LogP contribution is 2.23. The summed E-state index contributed by atoms with van der Waals surface area (Å²) in [6.07, 6.45) is 1.58. The average molecular weight is 421 g/mol. The standard InChI is InChI=1S/C24H17F2NO4/c25-24(26)30-20-8-4-7-18(14-20)22-27-21(23(28)31-22)13-16-9-11-19(12-10-16)29-15-17-5-2-1-3-6-17/h1-14,24H,15H2/b21-13+. The van der Waals surface area contributed by atoms with Crippen LogP contribution in [-0.4, -0.2) is 18.5 Å². The minimum atomic E-state index is -2.95. The molecule has 0 aromatic heterocycles. The molecule has 1 aliphatic heterocycles. The maximum atomic E-state index is 12.4. The van der Waals surface area contributed by atoms with Crippen molar-refractivity contribution in [2.24, 2.45) is 4.99 Å². The summed E-state index contributed by atoms with van der Waals surface area (Å²) in [4.78, 5) is 16.4. The third-order valence-corrected chi connectivity index (χ3v) is 4.36. The molecule has 5 nitrogen and oxygen atoms in total. The smallest absolute Gasteiger partial charge is 0.387 e. The summed E-state index contributed by atoms with van der Waals surface area (Å²) in [6, 6.07) is 22.8. The third kappa shape index (κ3) is 5.33.